The first-order valence-corrected chi connectivity index (χ1v) is 10.7. The molecule has 152 valence electrons. The van der Waals surface area contributed by atoms with Crippen LogP contribution in [0.25, 0.3) is 0 Å². The van der Waals surface area contributed by atoms with Crippen LogP contribution in [0.2, 0.25) is 0 Å². The number of hydrogen-bond acceptors (Lipinski definition) is 6. The van der Waals surface area contributed by atoms with Crippen LogP contribution >= 0.6 is 11.3 Å². The van der Waals surface area contributed by atoms with Crippen molar-refractivity contribution in [3.05, 3.63) is 70.4 Å². The zero-order chi connectivity index (χ0) is 19.9. The van der Waals surface area contributed by atoms with Crippen LogP contribution in [-0.4, -0.2) is 33.4 Å². The van der Waals surface area contributed by atoms with Crippen molar-refractivity contribution >= 4 is 22.7 Å². The SMILES string of the molecule is COc1cccc(CNc2ccc(N3CCOCC3)cc2)c1OCc1cccs1. The second-order valence-electron chi connectivity index (χ2n) is 6.82. The third-order valence-electron chi connectivity index (χ3n) is 4.95. The number of benzene rings is 2. The summed E-state index contributed by atoms with van der Waals surface area (Å²) < 4.78 is 17.1. The third kappa shape index (κ3) is 5.02. The molecule has 3 aromatic rings. The molecule has 0 radical (unpaired) electrons. The van der Waals surface area contributed by atoms with E-state index in [1.807, 2.05) is 18.2 Å². The van der Waals surface area contributed by atoms with Gasteiger partial charge in [-0.2, -0.15) is 0 Å². The fourth-order valence-corrected chi connectivity index (χ4v) is 3.99. The Hall–Kier alpha value is -2.70. The number of nitrogens with zero attached hydrogens (tertiary/aromatic N) is 1. The molecule has 0 bridgehead atoms. The molecule has 1 saturated heterocycles. The minimum absolute atomic E-state index is 0.541. The van der Waals surface area contributed by atoms with E-state index in [9.17, 15) is 0 Å². The molecule has 1 fully saturated rings. The molecule has 0 atom stereocenters. The summed E-state index contributed by atoms with van der Waals surface area (Å²) in [6.45, 7) is 4.68. The molecule has 29 heavy (non-hydrogen) atoms. The van der Waals surface area contributed by atoms with Crippen LogP contribution in [0.1, 0.15) is 10.4 Å². The topological polar surface area (TPSA) is 43.0 Å². The number of rotatable bonds is 8. The maximum atomic E-state index is 6.12. The Morgan fingerprint density at radius 1 is 1.03 bits per heavy atom. The van der Waals surface area contributed by atoms with Gasteiger partial charge in [-0.1, -0.05) is 18.2 Å². The summed E-state index contributed by atoms with van der Waals surface area (Å²) in [5, 5.41) is 5.56. The van der Waals surface area contributed by atoms with E-state index in [0.29, 0.717) is 13.2 Å². The van der Waals surface area contributed by atoms with Crippen molar-refractivity contribution in [3.63, 3.8) is 0 Å². The van der Waals surface area contributed by atoms with Gasteiger partial charge in [-0.15, -0.1) is 11.3 Å². The van der Waals surface area contributed by atoms with Crippen molar-refractivity contribution < 1.29 is 14.2 Å². The number of hydrogen-bond donors (Lipinski definition) is 1. The van der Waals surface area contributed by atoms with E-state index < -0.39 is 0 Å². The summed E-state index contributed by atoms with van der Waals surface area (Å²) in [6.07, 6.45) is 0. The molecule has 0 amide bonds. The van der Waals surface area contributed by atoms with Gasteiger partial charge < -0.3 is 24.4 Å². The van der Waals surface area contributed by atoms with E-state index in [4.69, 9.17) is 14.2 Å². The maximum Gasteiger partial charge on any atom is 0.166 e. The zero-order valence-electron chi connectivity index (χ0n) is 16.6. The fraction of sp³-hybridized carbons (Fsp3) is 0.304. The maximum absolute atomic E-state index is 6.12. The van der Waals surface area contributed by atoms with Crippen LogP contribution in [0, 0.1) is 0 Å². The van der Waals surface area contributed by atoms with Crippen molar-refractivity contribution in [2.45, 2.75) is 13.2 Å². The van der Waals surface area contributed by atoms with Crippen LogP contribution in [0.3, 0.4) is 0 Å². The number of morpholine rings is 1. The van der Waals surface area contributed by atoms with E-state index >= 15 is 0 Å². The van der Waals surface area contributed by atoms with Crippen molar-refractivity contribution in [2.24, 2.45) is 0 Å². The van der Waals surface area contributed by atoms with E-state index in [1.165, 1.54) is 10.6 Å². The van der Waals surface area contributed by atoms with Gasteiger partial charge in [0.1, 0.15) is 6.61 Å². The van der Waals surface area contributed by atoms with Crippen molar-refractivity contribution in [3.8, 4) is 11.5 Å². The van der Waals surface area contributed by atoms with Gasteiger partial charge in [0.25, 0.3) is 0 Å². The fourth-order valence-electron chi connectivity index (χ4n) is 3.37. The van der Waals surface area contributed by atoms with Gasteiger partial charge in [-0.25, -0.2) is 0 Å². The van der Waals surface area contributed by atoms with Crippen molar-refractivity contribution in [1.82, 2.24) is 0 Å². The number of nitrogens with one attached hydrogen (secondary N) is 1. The molecule has 6 heteroatoms. The van der Waals surface area contributed by atoms with Gasteiger partial charge in [0.05, 0.1) is 20.3 Å². The Balaban J connectivity index is 1.42. The summed E-state index contributed by atoms with van der Waals surface area (Å²) in [6, 6.07) is 18.7. The van der Waals surface area contributed by atoms with Crippen LogP contribution in [0.5, 0.6) is 11.5 Å². The predicted octanol–water partition coefficient (Wildman–Crippen LogP) is 4.78. The molecule has 4 rings (SSSR count). The molecule has 2 heterocycles. The van der Waals surface area contributed by atoms with E-state index in [-0.39, 0.29) is 0 Å². The monoisotopic (exact) mass is 410 g/mol. The molecular formula is C23H26N2O3S. The van der Waals surface area contributed by atoms with Gasteiger partial charge in [-0.3, -0.25) is 0 Å². The van der Waals surface area contributed by atoms with Gasteiger partial charge in [0.15, 0.2) is 11.5 Å². The van der Waals surface area contributed by atoms with Crippen molar-refractivity contribution in [2.75, 3.05) is 43.6 Å². The number of anilines is 2. The number of methoxy groups -OCH3 is 1. The van der Waals surface area contributed by atoms with Gasteiger partial charge in [0, 0.05) is 41.4 Å². The van der Waals surface area contributed by atoms with Gasteiger partial charge in [-0.05, 0) is 41.8 Å². The highest BCUT2D eigenvalue weighted by atomic mass is 32.1. The molecule has 1 aliphatic heterocycles. The summed E-state index contributed by atoms with van der Waals surface area (Å²) in [5.74, 6) is 1.55. The Labute approximate surface area is 175 Å². The summed E-state index contributed by atoms with van der Waals surface area (Å²) in [5.41, 5.74) is 3.38. The number of ether oxygens (including phenoxy) is 3. The minimum Gasteiger partial charge on any atom is -0.493 e. The molecule has 0 aliphatic carbocycles. The molecule has 1 N–H and O–H groups in total. The normalized spacial score (nSPS) is 13.9. The number of para-hydroxylation sites is 1. The van der Waals surface area contributed by atoms with Gasteiger partial charge >= 0.3 is 0 Å². The smallest absolute Gasteiger partial charge is 0.166 e. The largest absolute Gasteiger partial charge is 0.493 e. The first-order chi connectivity index (χ1) is 14.3. The van der Waals surface area contributed by atoms with Crippen LogP contribution in [-0.2, 0) is 17.9 Å². The summed E-state index contributed by atoms with van der Waals surface area (Å²) >= 11 is 1.69. The minimum atomic E-state index is 0.541. The Morgan fingerprint density at radius 3 is 2.59 bits per heavy atom. The van der Waals surface area contributed by atoms with E-state index in [2.05, 4.69) is 52.0 Å². The lowest BCUT2D eigenvalue weighted by Gasteiger charge is -2.29. The molecule has 0 saturated carbocycles. The third-order valence-corrected chi connectivity index (χ3v) is 5.80. The van der Waals surface area contributed by atoms with Crippen LogP contribution in [0.15, 0.2) is 60.0 Å². The van der Waals surface area contributed by atoms with E-state index in [1.54, 1.807) is 18.4 Å². The lowest BCUT2D eigenvalue weighted by Crippen LogP contribution is -2.36. The highest BCUT2D eigenvalue weighted by molar-refractivity contribution is 7.09. The second-order valence-corrected chi connectivity index (χ2v) is 7.85. The van der Waals surface area contributed by atoms with Crippen LogP contribution in [0.4, 0.5) is 11.4 Å². The lowest BCUT2D eigenvalue weighted by molar-refractivity contribution is 0.122. The Bertz CT molecular complexity index is 891. The van der Waals surface area contributed by atoms with E-state index in [0.717, 1.165) is 49.1 Å². The molecule has 1 aliphatic rings. The highest BCUT2D eigenvalue weighted by Crippen LogP contribution is 2.33. The molecular weight excluding hydrogens is 384 g/mol. The first-order valence-electron chi connectivity index (χ1n) is 9.81. The molecule has 0 spiro atoms. The summed E-state index contributed by atoms with van der Waals surface area (Å²) in [4.78, 5) is 3.54. The Kier molecular flexibility index (Phi) is 6.54. The first kappa shape index (κ1) is 19.6. The van der Waals surface area contributed by atoms with Gasteiger partial charge in [0.2, 0.25) is 0 Å². The zero-order valence-corrected chi connectivity index (χ0v) is 17.4. The lowest BCUT2D eigenvalue weighted by atomic mass is 10.1. The Morgan fingerprint density at radius 2 is 1.86 bits per heavy atom. The standard InChI is InChI=1S/C23H26N2O3S/c1-26-22-6-2-4-18(23(22)28-17-21-5-3-15-29-21)16-24-19-7-9-20(10-8-19)25-11-13-27-14-12-25/h2-10,15,24H,11-14,16-17H2,1H3. The molecule has 5 nitrogen and oxygen atoms in total. The van der Waals surface area contributed by atoms with Crippen LogP contribution < -0.4 is 19.7 Å². The molecule has 0 unspecified atom stereocenters. The van der Waals surface area contributed by atoms with Crippen molar-refractivity contribution in [1.29, 1.82) is 0 Å². The highest BCUT2D eigenvalue weighted by Gasteiger charge is 2.13. The quantitative estimate of drug-likeness (QED) is 0.579. The average Bonchev–Trinajstić information content (AvgIpc) is 3.31. The molecule has 1 aromatic heterocycles. The predicted molar refractivity (Wildman–Crippen MR) is 118 cm³/mol. The number of thiophene rings is 1. The second kappa shape index (κ2) is 9.67. The molecule has 2 aromatic carbocycles. The summed E-state index contributed by atoms with van der Waals surface area (Å²) in [7, 11) is 1.68. The average molecular weight is 411 g/mol.